The van der Waals surface area contributed by atoms with Gasteiger partial charge in [0.25, 0.3) is 0 Å². The number of hydrogen-bond acceptors (Lipinski definition) is 3. The van der Waals surface area contributed by atoms with Crippen molar-refractivity contribution in [2.45, 2.75) is 45.4 Å². The maximum atomic E-state index is 5.64. The predicted molar refractivity (Wildman–Crippen MR) is 52.9 cm³/mol. The third-order valence-electron chi connectivity index (χ3n) is 1.98. The molecule has 1 rings (SSSR count). The number of nitrogens with one attached hydrogen (secondary N) is 1. The lowest BCUT2D eigenvalue weighted by Gasteiger charge is -2.30. The summed E-state index contributed by atoms with van der Waals surface area (Å²) in [6.45, 7) is 10.7. The zero-order valence-corrected chi connectivity index (χ0v) is 9.09. The lowest BCUT2D eigenvalue weighted by atomic mass is 10.2. The molecule has 13 heavy (non-hydrogen) atoms. The fourth-order valence-corrected chi connectivity index (χ4v) is 1.18. The lowest BCUT2D eigenvalue weighted by Crippen LogP contribution is -2.47. The highest BCUT2D eigenvalue weighted by molar-refractivity contribution is 4.73. The Kier molecular flexibility index (Phi) is 3.71. The summed E-state index contributed by atoms with van der Waals surface area (Å²) in [7, 11) is 0. The molecule has 1 saturated heterocycles. The smallest absolute Gasteiger partial charge is 0.0933 e. The molecule has 0 aromatic rings. The zero-order chi connectivity index (χ0) is 9.90. The summed E-state index contributed by atoms with van der Waals surface area (Å²) in [5, 5.41) is 3.36. The van der Waals surface area contributed by atoms with Gasteiger partial charge in [-0.2, -0.15) is 0 Å². The van der Waals surface area contributed by atoms with Crippen LogP contribution < -0.4 is 5.32 Å². The Balaban J connectivity index is 2.16. The molecule has 78 valence electrons. The van der Waals surface area contributed by atoms with Gasteiger partial charge in [-0.1, -0.05) is 0 Å². The van der Waals surface area contributed by atoms with Crippen LogP contribution in [0.15, 0.2) is 0 Å². The Bertz CT molecular complexity index is 145. The van der Waals surface area contributed by atoms with Gasteiger partial charge in [-0.15, -0.1) is 0 Å². The van der Waals surface area contributed by atoms with Gasteiger partial charge in [0.2, 0.25) is 0 Å². The van der Waals surface area contributed by atoms with Crippen molar-refractivity contribution in [3.8, 4) is 0 Å². The van der Waals surface area contributed by atoms with Gasteiger partial charge in [-0.05, 0) is 27.7 Å². The Hall–Kier alpha value is -0.120. The highest BCUT2D eigenvalue weighted by Crippen LogP contribution is 2.09. The molecule has 0 radical (unpaired) electrons. The van der Waals surface area contributed by atoms with Crippen molar-refractivity contribution >= 4 is 0 Å². The van der Waals surface area contributed by atoms with E-state index in [1.54, 1.807) is 0 Å². The average molecular weight is 187 g/mol. The molecular formula is C10H21NO2. The van der Waals surface area contributed by atoms with Crippen LogP contribution in [0.1, 0.15) is 27.7 Å². The highest BCUT2D eigenvalue weighted by atomic mass is 16.5. The molecule has 1 heterocycles. The van der Waals surface area contributed by atoms with E-state index < -0.39 is 0 Å². The normalized spacial score (nSPS) is 30.5. The first-order valence-electron chi connectivity index (χ1n) is 4.96. The first-order chi connectivity index (χ1) is 5.97. The second-order valence-corrected chi connectivity index (χ2v) is 4.69. The quantitative estimate of drug-likeness (QED) is 0.704. The van der Waals surface area contributed by atoms with Gasteiger partial charge in [0.1, 0.15) is 0 Å². The molecule has 3 nitrogen and oxygen atoms in total. The Morgan fingerprint density at radius 1 is 1.46 bits per heavy atom. The second kappa shape index (κ2) is 4.40. The van der Waals surface area contributed by atoms with E-state index in [0.29, 0.717) is 12.6 Å². The van der Waals surface area contributed by atoms with Crippen LogP contribution in [0, 0.1) is 0 Å². The van der Waals surface area contributed by atoms with Crippen molar-refractivity contribution in [1.29, 1.82) is 0 Å². The fraction of sp³-hybridized carbons (Fsp3) is 1.00. The summed E-state index contributed by atoms with van der Waals surface area (Å²) >= 11 is 0. The summed E-state index contributed by atoms with van der Waals surface area (Å²) in [6, 6.07) is 0.478. The summed E-state index contributed by atoms with van der Waals surface area (Å²) in [6.07, 6.45) is 0.218. The summed E-state index contributed by atoms with van der Waals surface area (Å²) < 4.78 is 11.2. The molecule has 0 aliphatic carbocycles. The second-order valence-electron chi connectivity index (χ2n) is 4.69. The zero-order valence-electron chi connectivity index (χ0n) is 9.09. The van der Waals surface area contributed by atoms with E-state index in [2.05, 4.69) is 33.0 Å². The molecule has 0 bridgehead atoms. The van der Waals surface area contributed by atoms with Gasteiger partial charge >= 0.3 is 0 Å². The third kappa shape index (κ3) is 4.60. The number of rotatable bonds is 2. The fourth-order valence-electron chi connectivity index (χ4n) is 1.18. The number of ether oxygens (including phenoxy) is 2. The first kappa shape index (κ1) is 11.0. The van der Waals surface area contributed by atoms with Crippen molar-refractivity contribution in [2.75, 3.05) is 19.8 Å². The molecule has 0 aromatic heterocycles. The Labute approximate surface area is 80.8 Å². The van der Waals surface area contributed by atoms with Crippen molar-refractivity contribution in [2.24, 2.45) is 0 Å². The molecule has 2 atom stereocenters. The molecule has 3 heteroatoms. The molecule has 0 aromatic carbocycles. The third-order valence-corrected chi connectivity index (χ3v) is 1.98. The number of morpholine rings is 1. The van der Waals surface area contributed by atoms with Crippen LogP contribution in [0.25, 0.3) is 0 Å². The SMILES string of the molecule is CC1COC(COC(C)(C)C)CN1. The maximum Gasteiger partial charge on any atom is 0.0933 e. The van der Waals surface area contributed by atoms with Crippen molar-refractivity contribution in [1.82, 2.24) is 5.32 Å². The van der Waals surface area contributed by atoms with Gasteiger partial charge in [-0.25, -0.2) is 0 Å². The predicted octanol–water partition coefficient (Wildman–Crippen LogP) is 1.18. The van der Waals surface area contributed by atoms with E-state index >= 15 is 0 Å². The van der Waals surface area contributed by atoms with Crippen LogP contribution in [0.4, 0.5) is 0 Å². The summed E-state index contributed by atoms with van der Waals surface area (Å²) in [5.74, 6) is 0. The van der Waals surface area contributed by atoms with Gasteiger partial charge in [0.15, 0.2) is 0 Å². The molecule has 1 N–H and O–H groups in total. The van der Waals surface area contributed by atoms with Gasteiger partial charge in [0.05, 0.1) is 24.9 Å². The Morgan fingerprint density at radius 2 is 2.15 bits per heavy atom. The van der Waals surface area contributed by atoms with Gasteiger partial charge < -0.3 is 14.8 Å². The van der Waals surface area contributed by atoms with Crippen LogP contribution in [0.2, 0.25) is 0 Å². The molecule has 0 spiro atoms. The summed E-state index contributed by atoms with van der Waals surface area (Å²) in [4.78, 5) is 0. The van der Waals surface area contributed by atoms with E-state index in [9.17, 15) is 0 Å². The standard InChI is InChI=1S/C10H21NO2/c1-8-6-12-9(5-11-8)7-13-10(2,3)4/h8-9,11H,5-7H2,1-4H3. The van der Waals surface area contributed by atoms with E-state index in [0.717, 1.165) is 13.2 Å². The van der Waals surface area contributed by atoms with Crippen LogP contribution >= 0.6 is 0 Å². The highest BCUT2D eigenvalue weighted by Gasteiger charge is 2.20. The van der Waals surface area contributed by atoms with Crippen LogP contribution in [0.5, 0.6) is 0 Å². The average Bonchev–Trinajstić information content (AvgIpc) is 2.02. The van der Waals surface area contributed by atoms with E-state index in [1.807, 2.05) is 0 Å². The Morgan fingerprint density at radius 3 is 2.62 bits per heavy atom. The van der Waals surface area contributed by atoms with Crippen LogP contribution in [-0.2, 0) is 9.47 Å². The van der Waals surface area contributed by atoms with Gasteiger partial charge in [-0.3, -0.25) is 0 Å². The monoisotopic (exact) mass is 187 g/mol. The van der Waals surface area contributed by atoms with E-state index in [4.69, 9.17) is 9.47 Å². The van der Waals surface area contributed by atoms with E-state index in [-0.39, 0.29) is 11.7 Å². The molecule has 1 fully saturated rings. The van der Waals surface area contributed by atoms with E-state index in [1.165, 1.54) is 0 Å². The van der Waals surface area contributed by atoms with Crippen molar-refractivity contribution in [3.05, 3.63) is 0 Å². The van der Waals surface area contributed by atoms with Gasteiger partial charge in [0, 0.05) is 12.6 Å². The largest absolute Gasteiger partial charge is 0.373 e. The molecule has 2 unspecified atom stereocenters. The van der Waals surface area contributed by atoms with Crippen molar-refractivity contribution < 1.29 is 9.47 Å². The van der Waals surface area contributed by atoms with Crippen molar-refractivity contribution in [3.63, 3.8) is 0 Å². The molecule has 1 aliphatic rings. The first-order valence-corrected chi connectivity index (χ1v) is 4.96. The molecular weight excluding hydrogens is 166 g/mol. The molecule has 0 amide bonds. The minimum absolute atomic E-state index is 0.0631. The molecule has 1 aliphatic heterocycles. The lowest BCUT2D eigenvalue weighted by molar-refractivity contribution is -0.0871. The summed E-state index contributed by atoms with van der Waals surface area (Å²) in [5.41, 5.74) is -0.0631. The number of hydrogen-bond donors (Lipinski definition) is 1. The molecule has 0 saturated carbocycles. The minimum Gasteiger partial charge on any atom is -0.373 e. The maximum absolute atomic E-state index is 5.64. The minimum atomic E-state index is -0.0631. The van der Waals surface area contributed by atoms with Crippen LogP contribution in [-0.4, -0.2) is 37.5 Å². The topological polar surface area (TPSA) is 30.5 Å². The van der Waals surface area contributed by atoms with Crippen LogP contribution in [0.3, 0.4) is 0 Å².